The van der Waals surface area contributed by atoms with Gasteiger partial charge in [0, 0.05) is 0 Å². The molecule has 2 aromatic carbocycles. The third-order valence-corrected chi connectivity index (χ3v) is 5.20. The van der Waals surface area contributed by atoms with E-state index in [0.29, 0.717) is 11.8 Å². The third-order valence-electron chi connectivity index (χ3n) is 5.20. The summed E-state index contributed by atoms with van der Waals surface area (Å²) in [4.78, 5) is 0. The average molecular weight is 339 g/mol. The first-order chi connectivity index (χ1) is 12.0. The summed E-state index contributed by atoms with van der Waals surface area (Å²) in [5.74, 6) is 3.15. The van der Waals surface area contributed by atoms with E-state index in [-0.39, 0.29) is 0 Å². The molecule has 25 heavy (non-hydrogen) atoms. The lowest BCUT2D eigenvalue weighted by Crippen LogP contribution is -1.97. The van der Waals surface area contributed by atoms with Crippen LogP contribution in [0.25, 0.3) is 0 Å². The third kappa shape index (κ3) is 5.11. The SMILES string of the molecule is CCC[C@@H](C)c1ccc(Oc2ccc([C@H](C)CCC)cc2C)c(C)c1. The molecule has 0 saturated carbocycles. The molecule has 2 atom stereocenters. The minimum atomic E-state index is 0.610. The van der Waals surface area contributed by atoms with Gasteiger partial charge in [-0.2, -0.15) is 0 Å². The van der Waals surface area contributed by atoms with Crippen LogP contribution in [-0.4, -0.2) is 0 Å². The van der Waals surface area contributed by atoms with Crippen molar-refractivity contribution < 1.29 is 4.74 Å². The number of benzene rings is 2. The first-order valence-corrected chi connectivity index (χ1v) is 9.85. The monoisotopic (exact) mass is 338 g/mol. The molecule has 0 unspecified atom stereocenters. The van der Waals surface area contributed by atoms with Crippen LogP contribution in [-0.2, 0) is 0 Å². The van der Waals surface area contributed by atoms with Crippen LogP contribution in [0, 0.1) is 13.8 Å². The summed E-state index contributed by atoms with van der Waals surface area (Å²) in [6, 6.07) is 13.3. The number of ether oxygens (including phenoxy) is 1. The van der Waals surface area contributed by atoms with Crippen LogP contribution in [0.4, 0.5) is 0 Å². The Kier molecular flexibility index (Phi) is 7.11. The van der Waals surface area contributed by atoms with Crippen molar-refractivity contribution in [2.45, 2.75) is 79.1 Å². The van der Waals surface area contributed by atoms with Gasteiger partial charge in [-0.05, 0) is 72.9 Å². The Labute approximate surface area is 154 Å². The highest BCUT2D eigenvalue weighted by molar-refractivity contribution is 5.44. The fourth-order valence-corrected chi connectivity index (χ4v) is 3.51. The minimum absolute atomic E-state index is 0.610. The Morgan fingerprint density at radius 3 is 1.44 bits per heavy atom. The number of hydrogen-bond donors (Lipinski definition) is 0. The molecule has 0 amide bonds. The summed E-state index contributed by atoms with van der Waals surface area (Å²) in [5.41, 5.74) is 5.24. The van der Waals surface area contributed by atoms with Crippen LogP contribution in [0.1, 0.15) is 87.5 Å². The van der Waals surface area contributed by atoms with Gasteiger partial charge >= 0.3 is 0 Å². The Morgan fingerprint density at radius 2 is 1.12 bits per heavy atom. The van der Waals surface area contributed by atoms with Crippen molar-refractivity contribution in [1.29, 1.82) is 0 Å². The van der Waals surface area contributed by atoms with E-state index >= 15 is 0 Å². The second kappa shape index (κ2) is 9.08. The highest BCUT2D eigenvalue weighted by Gasteiger charge is 2.11. The maximum Gasteiger partial charge on any atom is 0.130 e. The molecule has 0 saturated heterocycles. The van der Waals surface area contributed by atoms with Crippen LogP contribution >= 0.6 is 0 Å². The van der Waals surface area contributed by atoms with Crippen LogP contribution < -0.4 is 4.74 Å². The molecule has 1 heteroatoms. The summed E-state index contributed by atoms with van der Waals surface area (Å²) in [7, 11) is 0. The fourth-order valence-electron chi connectivity index (χ4n) is 3.51. The maximum absolute atomic E-state index is 6.23. The molecule has 0 aliphatic heterocycles. The van der Waals surface area contributed by atoms with Gasteiger partial charge in [0.15, 0.2) is 0 Å². The number of rotatable bonds is 8. The quantitative estimate of drug-likeness (QED) is 0.475. The zero-order valence-corrected chi connectivity index (χ0v) is 16.9. The van der Waals surface area contributed by atoms with E-state index in [0.717, 1.165) is 11.5 Å². The molecule has 0 spiro atoms. The van der Waals surface area contributed by atoms with Crippen molar-refractivity contribution in [3.05, 3.63) is 58.7 Å². The van der Waals surface area contributed by atoms with E-state index in [1.807, 2.05) is 0 Å². The van der Waals surface area contributed by atoms with Crippen LogP contribution in [0.3, 0.4) is 0 Å². The van der Waals surface area contributed by atoms with Crippen molar-refractivity contribution in [3.63, 3.8) is 0 Å². The number of aryl methyl sites for hydroxylation is 2. The highest BCUT2D eigenvalue weighted by Crippen LogP contribution is 2.32. The van der Waals surface area contributed by atoms with Gasteiger partial charge < -0.3 is 4.74 Å². The summed E-state index contributed by atoms with van der Waals surface area (Å²) in [6.45, 7) is 13.4. The first-order valence-electron chi connectivity index (χ1n) is 9.85. The smallest absolute Gasteiger partial charge is 0.130 e. The normalized spacial score (nSPS) is 13.5. The average Bonchev–Trinajstić information content (AvgIpc) is 2.58. The zero-order chi connectivity index (χ0) is 18.4. The maximum atomic E-state index is 6.23. The Balaban J connectivity index is 2.16. The van der Waals surface area contributed by atoms with E-state index in [1.165, 1.54) is 47.9 Å². The second-order valence-corrected chi connectivity index (χ2v) is 7.53. The van der Waals surface area contributed by atoms with E-state index < -0.39 is 0 Å². The van der Waals surface area contributed by atoms with Gasteiger partial charge in [0.2, 0.25) is 0 Å². The fraction of sp³-hybridized carbons (Fsp3) is 0.500. The molecule has 0 bridgehead atoms. The molecule has 0 radical (unpaired) electrons. The molecular weight excluding hydrogens is 304 g/mol. The van der Waals surface area contributed by atoms with Crippen molar-refractivity contribution in [3.8, 4) is 11.5 Å². The lowest BCUT2D eigenvalue weighted by Gasteiger charge is -2.17. The van der Waals surface area contributed by atoms with E-state index in [9.17, 15) is 0 Å². The molecular formula is C24H34O. The molecule has 2 aromatic rings. The summed E-state index contributed by atoms with van der Waals surface area (Å²) in [6.07, 6.45) is 4.91. The lowest BCUT2D eigenvalue weighted by atomic mass is 9.94. The first kappa shape index (κ1) is 19.6. The molecule has 0 aromatic heterocycles. The molecule has 2 rings (SSSR count). The Bertz CT molecular complexity index is 627. The van der Waals surface area contributed by atoms with Gasteiger partial charge in [-0.1, -0.05) is 64.8 Å². The van der Waals surface area contributed by atoms with Crippen LogP contribution in [0.15, 0.2) is 36.4 Å². The van der Waals surface area contributed by atoms with Gasteiger partial charge in [0.25, 0.3) is 0 Å². The van der Waals surface area contributed by atoms with Crippen LogP contribution in [0.2, 0.25) is 0 Å². The molecule has 0 aliphatic carbocycles. The number of hydrogen-bond acceptors (Lipinski definition) is 1. The predicted molar refractivity (Wildman–Crippen MR) is 109 cm³/mol. The molecule has 1 nitrogen and oxygen atoms in total. The van der Waals surface area contributed by atoms with Crippen LogP contribution in [0.5, 0.6) is 11.5 Å². The van der Waals surface area contributed by atoms with Crippen molar-refractivity contribution >= 4 is 0 Å². The predicted octanol–water partition coefficient (Wildman–Crippen LogP) is 7.90. The van der Waals surface area contributed by atoms with Gasteiger partial charge in [0.05, 0.1) is 0 Å². The highest BCUT2D eigenvalue weighted by atomic mass is 16.5. The molecule has 136 valence electrons. The van der Waals surface area contributed by atoms with Crippen molar-refractivity contribution in [1.82, 2.24) is 0 Å². The van der Waals surface area contributed by atoms with Gasteiger partial charge in [-0.15, -0.1) is 0 Å². The van der Waals surface area contributed by atoms with Gasteiger partial charge in [-0.3, -0.25) is 0 Å². The molecule has 0 aliphatic rings. The van der Waals surface area contributed by atoms with Crippen molar-refractivity contribution in [2.24, 2.45) is 0 Å². The molecule has 0 N–H and O–H groups in total. The largest absolute Gasteiger partial charge is 0.457 e. The lowest BCUT2D eigenvalue weighted by molar-refractivity contribution is 0.474. The molecule has 0 fully saturated rings. The summed E-state index contributed by atoms with van der Waals surface area (Å²) >= 11 is 0. The van der Waals surface area contributed by atoms with Gasteiger partial charge in [0.1, 0.15) is 11.5 Å². The molecule has 0 heterocycles. The summed E-state index contributed by atoms with van der Waals surface area (Å²) in [5, 5.41) is 0. The van der Waals surface area contributed by atoms with E-state index in [4.69, 9.17) is 4.74 Å². The minimum Gasteiger partial charge on any atom is -0.457 e. The van der Waals surface area contributed by atoms with Gasteiger partial charge in [-0.25, -0.2) is 0 Å². The van der Waals surface area contributed by atoms with E-state index in [2.05, 4.69) is 77.9 Å². The topological polar surface area (TPSA) is 9.23 Å². The summed E-state index contributed by atoms with van der Waals surface area (Å²) < 4.78 is 6.23. The second-order valence-electron chi connectivity index (χ2n) is 7.53. The Hall–Kier alpha value is -1.76. The zero-order valence-electron chi connectivity index (χ0n) is 16.9. The standard InChI is InChI=1S/C24H34O/c1-7-9-17(3)21-11-13-23(19(5)15-21)25-24-14-12-22(16-20(24)6)18(4)10-8-2/h11-18H,7-10H2,1-6H3/t17-,18-/m1/s1. The van der Waals surface area contributed by atoms with E-state index in [1.54, 1.807) is 0 Å². The van der Waals surface area contributed by atoms with Crippen molar-refractivity contribution in [2.75, 3.05) is 0 Å². The Morgan fingerprint density at radius 1 is 0.720 bits per heavy atom.